The molecule has 3 aromatic rings. The van der Waals surface area contributed by atoms with Crippen LogP contribution in [0.4, 0.5) is 11.6 Å². The predicted octanol–water partition coefficient (Wildman–Crippen LogP) is 3.11. The summed E-state index contributed by atoms with van der Waals surface area (Å²) in [5.74, 6) is 1.89. The van der Waals surface area contributed by atoms with Crippen LogP contribution in [0.3, 0.4) is 0 Å². The van der Waals surface area contributed by atoms with Gasteiger partial charge in [-0.25, -0.2) is 4.98 Å². The molecule has 0 saturated heterocycles. The largest absolute Gasteiger partial charge is 0.493 e. The summed E-state index contributed by atoms with van der Waals surface area (Å²) in [5.41, 5.74) is 8.30. The number of nitrogen functional groups attached to an aromatic ring is 1. The SMILES string of the molecule is Cn1nccc1C(=O)Nc1ccc(-c2ccccc2OCC2CC2)c(N)n1. The summed E-state index contributed by atoms with van der Waals surface area (Å²) in [6, 6.07) is 13.0. The number of para-hydroxylation sites is 1. The second kappa shape index (κ2) is 7.11. The highest BCUT2D eigenvalue weighted by atomic mass is 16.5. The topological polar surface area (TPSA) is 95.1 Å². The summed E-state index contributed by atoms with van der Waals surface area (Å²) < 4.78 is 7.47. The number of carbonyl (C=O) groups excluding carboxylic acids is 1. The summed E-state index contributed by atoms with van der Waals surface area (Å²) in [7, 11) is 1.71. The molecular weight excluding hydrogens is 342 g/mol. The second-order valence-electron chi connectivity index (χ2n) is 6.67. The molecule has 4 rings (SSSR count). The fourth-order valence-electron chi connectivity index (χ4n) is 2.86. The molecule has 138 valence electrons. The fraction of sp³-hybridized carbons (Fsp3) is 0.250. The zero-order chi connectivity index (χ0) is 18.8. The Morgan fingerprint density at radius 1 is 1.22 bits per heavy atom. The van der Waals surface area contributed by atoms with Crippen LogP contribution in [0.2, 0.25) is 0 Å². The first-order valence-corrected chi connectivity index (χ1v) is 8.90. The van der Waals surface area contributed by atoms with E-state index in [1.807, 2.05) is 30.3 Å². The van der Waals surface area contributed by atoms with Gasteiger partial charge in [0.1, 0.15) is 23.1 Å². The van der Waals surface area contributed by atoms with Gasteiger partial charge < -0.3 is 15.8 Å². The smallest absolute Gasteiger partial charge is 0.275 e. The van der Waals surface area contributed by atoms with E-state index in [0.717, 1.165) is 23.5 Å². The first kappa shape index (κ1) is 17.1. The van der Waals surface area contributed by atoms with E-state index >= 15 is 0 Å². The Balaban J connectivity index is 1.55. The number of aromatic nitrogens is 3. The van der Waals surface area contributed by atoms with Crippen LogP contribution in [-0.2, 0) is 7.05 Å². The number of pyridine rings is 1. The number of hydrogen-bond acceptors (Lipinski definition) is 5. The van der Waals surface area contributed by atoms with Crippen molar-refractivity contribution in [2.75, 3.05) is 17.7 Å². The number of carbonyl (C=O) groups is 1. The number of nitrogens with zero attached hydrogens (tertiary/aromatic N) is 3. The van der Waals surface area contributed by atoms with Crippen LogP contribution >= 0.6 is 0 Å². The van der Waals surface area contributed by atoms with E-state index in [2.05, 4.69) is 15.4 Å². The van der Waals surface area contributed by atoms with Crippen molar-refractivity contribution in [1.82, 2.24) is 14.8 Å². The molecular formula is C20H21N5O2. The Labute approximate surface area is 157 Å². The van der Waals surface area contributed by atoms with Gasteiger partial charge in [-0.3, -0.25) is 9.48 Å². The van der Waals surface area contributed by atoms with Crippen molar-refractivity contribution in [2.24, 2.45) is 13.0 Å². The molecule has 0 unspecified atom stereocenters. The van der Waals surface area contributed by atoms with E-state index in [1.165, 1.54) is 17.5 Å². The zero-order valence-corrected chi connectivity index (χ0v) is 15.1. The van der Waals surface area contributed by atoms with Crippen molar-refractivity contribution < 1.29 is 9.53 Å². The molecule has 0 aliphatic heterocycles. The molecule has 7 nitrogen and oxygen atoms in total. The summed E-state index contributed by atoms with van der Waals surface area (Å²) >= 11 is 0. The average Bonchev–Trinajstić information content (AvgIpc) is 3.39. The molecule has 2 heterocycles. The van der Waals surface area contributed by atoms with Gasteiger partial charge in [-0.15, -0.1) is 0 Å². The van der Waals surface area contributed by atoms with Crippen molar-refractivity contribution in [3.8, 4) is 16.9 Å². The van der Waals surface area contributed by atoms with Crippen molar-refractivity contribution in [3.63, 3.8) is 0 Å². The monoisotopic (exact) mass is 363 g/mol. The number of benzene rings is 1. The number of nitrogens with one attached hydrogen (secondary N) is 1. The molecule has 0 atom stereocenters. The van der Waals surface area contributed by atoms with Crippen LogP contribution in [0, 0.1) is 5.92 Å². The number of amides is 1. The summed E-state index contributed by atoms with van der Waals surface area (Å²) in [6.45, 7) is 0.725. The minimum absolute atomic E-state index is 0.289. The van der Waals surface area contributed by atoms with E-state index < -0.39 is 0 Å². The molecule has 1 fully saturated rings. The van der Waals surface area contributed by atoms with Gasteiger partial charge in [0.25, 0.3) is 5.91 Å². The Kier molecular flexibility index (Phi) is 4.50. The lowest BCUT2D eigenvalue weighted by Crippen LogP contribution is -2.17. The number of anilines is 2. The molecule has 2 aromatic heterocycles. The highest BCUT2D eigenvalue weighted by Gasteiger charge is 2.22. The van der Waals surface area contributed by atoms with Crippen molar-refractivity contribution in [2.45, 2.75) is 12.8 Å². The van der Waals surface area contributed by atoms with Crippen molar-refractivity contribution >= 4 is 17.5 Å². The van der Waals surface area contributed by atoms with Crippen molar-refractivity contribution in [3.05, 3.63) is 54.4 Å². The molecule has 1 aromatic carbocycles. The summed E-state index contributed by atoms with van der Waals surface area (Å²) in [5, 5.41) is 6.74. The minimum atomic E-state index is -0.289. The highest BCUT2D eigenvalue weighted by molar-refractivity contribution is 6.02. The van der Waals surface area contributed by atoms with Gasteiger partial charge >= 0.3 is 0 Å². The quantitative estimate of drug-likeness (QED) is 0.702. The van der Waals surface area contributed by atoms with Gasteiger partial charge in [-0.2, -0.15) is 5.10 Å². The van der Waals surface area contributed by atoms with Gasteiger partial charge in [0, 0.05) is 24.4 Å². The molecule has 1 aliphatic carbocycles. The second-order valence-corrected chi connectivity index (χ2v) is 6.67. The maximum Gasteiger partial charge on any atom is 0.275 e. The highest BCUT2D eigenvalue weighted by Crippen LogP contribution is 2.36. The molecule has 0 bridgehead atoms. The van der Waals surface area contributed by atoms with Gasteiger partial charge in [-0.05, 0) is 43.0 Å². The molecule has 27 heavy (non-hydrogen) atoms. The van der Waals surface area contributed by atoms with Gasteiger partial charge in [-0.1, -0.05) is 18.2 Å². The third-order valence-electron chi connectivity index (χ3n) is 4.57. The number of aryl methyl sites for hydroxylation is 1. The lowest BCUT2D eigenvalue weighted by Gasteiger charge is -2.13. The molecule has 3 N–H and O–H groups in total. The molecule has 0 radical (unpaired) electrons. The molecule has 1 aliphatic rings. The van der Waals surface area contributed by atoms with Crippen LogP contribution in [0.5, 0.6) is 5.75 Å². The van der Waals surface area contributed by atoms with Crippen LogP contribution in [0.25, 0.3) is 11.1 Å². The molecule has 1 saturated carbocycles. The number of ether oxygens (including phenoxy) is 1. The third-order valence-corrected chi connectivity index (χ3v) is 4.57. The Bertz CT molecular complexity index is 978. The molecule has 7 heteroatoms. The molecule has 1 amide bonds. The maximum absolute atomic E-state index is 12.3. The minimum Gasteiger partial charge on any atom is -0.493 e. The zero-order valence-electron chi connectivity index (χ0n) is 15.1. The maximum atomic E-state index is 12.3. The number of hydrogen-bond donors (Lipinski definition) is 2. The van der Waals surface area contributed by atoms with E-state index in [0.29, 0.717) is 23.2 Å². The van der Waals surface area contributed by atoms with Gasteiger partial charge in [0.15, 0.2) is 0 Å². The standard InChI is InChI=1S/C20H21N5O2/c1-25-16(10-11-22-25)20(26)24-18-9-8-15(19(21)23-18)14-4-2-3-5-17(14)27-12-13-6-7-13/h2-5,8-11,13H,6-7,12H2,1H3,(H3,21,23,24,26). The van der Waals surface area contributed by atoms with Gasteiger partial charge in [0.05, 0.1) is 6.61 Å². The lowest BCUT2D eigenvalue weighted by molar-refractivity contribution is 0.101. The Hall–Kier alpha value is -3.35. The van der Waals surface area contributed by atoms with E-state index in [9.17, 15) is 4.79 Å². The predicted molar refractivity (Wildman–Crippen MR) is 103 cm³/mol. The van der Waals surface area contributed by atoms with E-state index in [4.69, 9.17) is 10.5 Å². The summed E-state index contributed by atoms with van der Waals surface area (Å²) in [6.07, 6.45) is 4.03. The van der Waals surface area contributed by atoms with E-state index in [1.54, 1.807) is 25.4 Å². The molecule has 0 spiro atoms. The lowest BCUT2D eigenvalue weighted by atomic mass is 10.1. The Morgan fingerprint density at radius 2 is 2.04 bits per heavy atom. The van der Waals surface area contributed by atoms with Crippen LogP contribution in [-0.4, -0.2) is 27.3 Å². The Morgan fingerprint density at radius 3 is 2.74 bits per heavy atom. The van der Waals surface area contributed by atoms with E-state index in [-0.39, 0.29) is 5.91 Å². The number of nitrogens with two attached hydrogens (primary N) is 1. The normalized spacial score (nSPS) is 13.4. The van der Waals surface area contributed by atoms with Crippen LogP contribution in [0.1, 0.15) is 23.3 Å². The fourth-order valence-corrected chi connectivity index (χ4v) is 2.86. The first-order valence-electron chi connectivity index (χ1n) is 8.90. The average molecular weight is 363 g/mol. The number of rotatable bonds is 6. The van der Waals surface area contributed by atoms with Crippen molar-refractivity contribution in [1.29, 1.82) is 0 Å². The van der Waals surface area contributed by atoms with Gasteiger partial charge in [0.2, 0.25) is 0 Å². The van der Waals surface area contributed by atoms with Crippen LogP contribution in [0.15, 0.2) is 48.7 Å². The third kappa shape index (κ3) is 3.76. The van der Waals surface area contributed by atoms with Crippen LogP contribution < -0.4 is 15.8 Å². The summed E-state index contributed by atoms with van der Waals surface area (Å²) in [4.78, 5) is 16.6. The first-order chi connectivity index (χ1) is 13.1.